The van der Waals surface area contributed by atoms with Crippen molar-refractivity contribution in [3.8, 4) is 0 Å². The van der Waals surface area contributed by atoms with Gasteiger partial charge in [-0.3, -0.25) is 4.79 Å². The van der Waals surface area contributed by atoms with Gasteiger partial charge < -0.3 is 19.8 Å². The van der Waals surface area contributed by atoms with Crippen LogP contribution in [0.2, 0.25) is 0 Å². The summed E-state index contributed by atoms with van der Waals surface area (Å²) in [5.74, 6) is 3.49. The number of hydrogen-bond acceptors (Lipinski definition) is 4. The van der Waals surface area contributed by atoms with Gasteiger partial charge in [-0.1, -0.05) is 20.8 Å². The highest BCUT2D eigenvalue weighted by molar-refractivity contribution is 5.78. The lowest BCUT2D eigenvalue weighted by Gasteiger charge is -2.59. The summed E-state index contributed by atoms with van der Waals surface area (Å²) in [6, 6.07) is 0. The molecule has 0 aromatic carbocycles. The van der Waals surface area contributed by atoms with Crippen molar-refractivity contribution in [2.24, 2.45) is 45.3 Å². The molecule has 7 aliphatic rings. The van der Waals surface area contributed by atoms with Crippen LogP contribution in [0, 0.1) is 45.3 Å². The molecular formula is C30H49NO4. The monoisotopic (exact) mass is 487 g/mol. The van der Waals surface area contributed by atoms with Gasteiger partial charge in [-0.15, -0.1) is 0 Å². The van der Waals surface area contributed by atoms with Crippen LogP contribution in [0.5, 0.6) is 0 Å². The van der Waals surface area contributed by atoms with Crippen LogP contribution in [0.15, 0.2) is 0 Å². The molecule has 1 amide bonds. The van der Waals surface area contributed by atoms with Crippen molar-refractivity contribution < 1.29 is 19.7 Å². The first kappa shape index (κ1) is 24.7. The van der Waals surface area contributed by atoms with Gasteiger partial charge in [-0.25, -0.2) is 0 Å². The van der Waals surface area contributed by atoms with Crippen LogP contribution >= 0.6 is 0 Å². The van der Waals surface area contributed by atoms with Crippen LogP contribution in [-0.4, -0.2) is 59.5 Å². The summed E-state index contributed by atoms with van der Waals surface area (Å²) in [5.41, 5.74) is 1.65. The minimum absolute atomic E-state index is 0.0838. The van der Waals surface area contributed by atoms with Gasteiger partial charge in [0.15, 0.2) is 0 Å². The van der Waals surface area contributed by atoms with E-state index in [1.165, 1.54) is 51.4 Å². The van der Waals surface area contributed by atoms with Crippen LogP contribution in [0.3, 0.4) is 0 Å². The highest BCUT2D eigenvalue weighted by atomic mass is 16.5. The first-order chi connectivity index (χ1) is 16.7. The molecule has 2 saturated heterocycles. The smallest absolute Gasteiger partial charge is 0.222 e. The van der Waals surface area contributed by atoms with Crippen LogP contribution < -0.4 is 0 Å². The zero-order chi connectivity index (χ0) is 24.8. The maximum atomic E-state index is 12.2. The van der Waals surface area contributed by atoms with Crippen molar-refractivity contribution >= 4 is 5.91 Å². The van der Waals surface area contributed by atoms with Gasteiger partial charge in [0.1, 0.15) is 0 Å². The molecule has 0 aromatic rings. The Morgan fingerprint density at radius 3 is 2.46 bits per heavy atom. The molecule has 10 atom stereocenters. The lowest BCUT2D eigenvalue weighted by Crippen LogP contribution is -2.54. The van der Waals surface area contributed by atoms with Gasteiger partial charge in [-0.05, 0) is 116 Å². The van der Waals surface area contributed by atoms with E-state index in [4.69, 9.17) is 9.84 Å². The van der Waals surface area contributed by atoms with E-state index in [0.29, 0.717) is 28.3 Å². The van der Waals surface area contributed by atoms with Gasteiger partial charge in [0, 0.05) is 26.6 Å². The molecule has 198 valence electrons. The minimum Gasteiger partial charge on any atom is -0.400 e. The SMILES string of the molecule is CC12CC[C@@]34CC35CC[C@H](O)C(C)(C)C5CCC4C1CC1OC(CN3CCCC3=O)CCC12.CO. The van der Waals surface area contributed by atoms with Crippen LogP contribution in [0.25, 0.3) is 0 Å². The number of likely N-dealkylation sites (tertiary alicyclic amines) is 1. The number of aliphatic hydroxyl groups is 2. The molecule has 2 spiro atoms. The Hall–Kier alpha value is -0.650. The third-order valence-electron chi connectivity index (χ3n) is 13.2. The molecule has 2 aliphatic heterocycles. The number of carbonyl (C=O) groups excluding carboxylic acids is 1. The number of fused-ring (bicyclic) bond motifs is 4. The molecule has 0 aromatic heterocycles. The number of rotatable bonds is 2. The fraction of sp³-hybridized carbons (Fsp3) is 0.967. The van der Waals surface area contributed by atoms with E-state index in [1.807, 2.05) is 0 Å². The Morgan fingerprint density at radius 2 is 1.71 bits per heavy atom. The summed E-state index contributed by atoms with van der Waals surface area (Å²) in [6.07, 6.45) is 15.3. The molecule has 5 nitrogen and oxygen atoms in total. The lowest BCUT2D eigenvalue weighted by atomic mass is 9.46. The average molecular weight is 488 g/mol. The molecule has 7 rings (SSSR count). The van der Waals surface area contributed by atoms with E-state index in [2.05, 4.69) is 25.7 Å². The van der Waals surface area contributed by atoms with Crippen molar-refractivity contribution in [2.45, 2.75) is 116 Å². The first-order valence-corrected chi connectivity index (χ1v) is 14.8. The molecule has 5 aliphatic carbocycles. The van der Waals surface area contributed by atoms with Gasteiger partial charge in [0.05, 0.1) is 18.3 Å². The van der Waals surface area contributed by atoms with Crippen LogP contribution in [0.4, 0.5) is 0 Å². The quantitative estimate of drug-likeness (QED) is 0.588. The molecular weight excluding hydrogens is 438 g/mol. The molecule has 35 heavy (non-hydrogen) atoms. The lowest BCUT2D eigenvalue weighted by molar-refractivity contribution is -0.138. The average Bonchev–Trinajstić information content (AvgIpc) is 3.19. The summed E-state index contributed by atoms with van der Waals surface area (Å²) < 4.78 is 6.83. The summed E-state index contributed by atoms with van der Waals surface area (Å²) in [4.78, 5) is 14.2. The molecule has 7 fully saturated rings. The fourth-order valence-corrected chi connectivity index (χ4v) is 11.6. The maximum absolute atomic E-state index is 12.2. The Bertz CT molecular complexity index is 859. The maximum Gasteiger partial charge on any atom is 0.222 e. The second-order valence-electron chi connectivity index (χ2n) is 14.4. The number of aliphatic hydroxyl groups excluding tert-OH is 2. The molecule has 5 heteroatoms. The van der Waals surface area contributed by atoms with Gasteiger partial charge in [0.2, 0.25) is 5.91 Å². The van der Waals surface area contributed by atoms with Crippen LogP contribution in [-0.2, 0) is 9.53 Å². The molecule has 2 N–H and O–H groups in total. The van der Waals surface area contributed by atoms with E-state index in [1.54, 1.807) is 0 Å². The zero-order valence-electron chi connectivity index (χ0n) is 22.6. The third-order valence-corrected chi connectivity index (χ3v) is 13.2. The van der Waals surface area contributed by atoms with Gasteiger partial charge in [-0.2, -0.15) is 0 Å². The number of ether oxygens (including phenoxy) is 1. The Labute approximate surface area is 212 Å². The Kier molecular flexibility index (Phi) is 5.76. The van der Waals surface area contributed by atoms with E-state index < -0.39 is 0 Å². The van der Waals surface area contributed by atoms with Crippen molar-refractivity contribution in [1.82, 2.24) is 4.90 Å². The predicted molar refractivity (Wildman–Crippen MR) is 136 cm³/mol. The number of amides is 1. The molecule has 5 saturated carbocycles. The number of nitrogens with zero attached hydrogens (tertiary/aromatic N) is 1. The van der Waals surface area contributed by atoms with Crippen molar-refractivity contribution in [3.05, 3.63) is 0 Å². The van der Waals surface area contributed by atoms with E-state index in [-0.39, 0.29) is 17.6 Å². The van der Waals surface area contributed by atoms with Crippen molar-refractivity contribution in [3.63, 3.8) is 0 Å². The summed E-state index contributed by atoms with van der Waals surface area (Å²) in [7, 11) is 1.00. The first-order valence-electron chi connectivity index (χ1n) is 14.8. The molecule has 0 radical (unpaired) electrons. The van der Waals surface area contributed by atoms with E-state index >= 15 is 0 Å². The standard InChI is InChI=1S/C29H45NO3.CH4O/c1-26(2)23-9-8-19-21-15-22-20(7-6-18(33-22)16-30-14-4-5-25(30)32)27(21,3)12-13-28(19)17-29(23,28)11-10-24(26)31;1-2/h18-24,31H,4-17H2,1-3H3;2H,1H3/t18?,19?,20?,21?,22?,23?,24-,27?,28-,29?;/m0./s1. The van der Waals surface area contributed by atoms with Gasteiger partial charge in [0.25, 0.3) is 0 Å². The highest BCUT2D eigenvalue weighted by Gasteiger charge is 2.80. The summed E-state index contributed by atoms with van der Waals surface area (Å²) in [6.45, 7) is 9.14. The minimum atomic E-state index is -0.113. The second kappa shape index (κ2) is 8.17. The van der Waals surface area contributed by atoms with E-state index in [9.17, 15) is 9.90 Å². The molecule has 0 bridgehead atoms. The van der Waals surface area contributed by atoms with E-state index in [0.717, 1.165) is 69.6 Å². The second-order valence-corrected chi connectivity index (χ2v) is 14.4. The fourth-order valence-electron chi connectivity index (χ4n) is 11.6. The summed E-state index contributed by atoms with van der Waals surface area (Å²) >= 11 is 0. The number of carbonyl (C=O) groups is 1. The predicted octanol–water partition coefficient (Wildman–Crippen LogP) is 4.78. The zero-order valence-corrected chi connectivity index (χ0v) is 22.6. The molecule has 8 unspecified atom stereocenters. The normalized spacial score (nSPS) is 53.4. The van der Waals surface area contributed by atoms with Crippen molar-refractivity contribution in [2.75, 3.05) is 20.2 Å². The number of hydrogen-bond donors (Lipinski definition) is 2. The molecule has 2 heterocycles. The van der Waals surface area contributed by atoms with Gasteiger partial charge >= 0.3 is 0 Å². The Morgan fingerprint density at radius 1 is 0.943 bits per heavy atom. The topological polar surface area (TPSA) is 70.0 Å². The Balaban J connectivity index is 0.00000112. The summed E-state index contributed by atoms with van der Waals surface area (Å²) in [5, 5.41) is 17.8. The third kappa shape index (κ3) is 3.19. The highest BCUT2D eigenvalue weighted by Crippen LogP contribution is 2.87. The van der Waals surface area contributed by atoms with Crippen LogP contribution in [0.1, 0.15) is 97.8 Å². The van der Waals surface area contributed by atoms with Crippen molar-refractivity contribution in [1.29, 1.82) is 0 Å². The largest absolute Gasteiger partial charge is 0.400 e.